The van der Waals surface area contributed by atoms with Gasteiger partial charge >= 0.3 is 0 Å². The SMILES string of the molecule is C=Cc1c([C@@]23CC[C@@H](O)C[C@@H]2N(C)CC3)ccc(OC)c1OCc1ccccc1. The molecule has 2 aliphatic rings. The highest BCUT2D eigenvalue weighted by molar-refractivity contribution is 5.67. The van der Waals surface area contributed by atoms with Crippen LogP contribution in [0.1, 0.15) is 42.4 Å². The number of hydrogen-bond acceptors (Lipinski definition) is 4. The third kappa shape index (κ3) is 3.56. The average molecular weight is 394 g/mol. The smallest absolute Gasteiger partial charge is 0.169 e. The highest BCUT2D eigenvalue weighted by Crippen LogP contribution is 2.52. The number of aliphatic hydroxyl groups excluding tert-OH is 1. The Morgan fingerprint density at radius 2 is 2.00 bits per heavy atom. The predicted molar refractivity (Wildman–Crippen MR) is 116 cm³/mol. The second kappa shape index (κ2) is 8.21. The Morgan fingerprint density at radius 1 is 1.21 bits per heavy atom. The van der Waals surface area contributed by atoms with E-state index in [9.17, 15) is 5.11 Å². The molecule has 1 N–H and O–H groups in total. The molecule has 0 amide bonds. The molecule has 154 valence electrons. The number of likely N-dealkylation sites (tertiary alicyclic amines) is 1. The summed E-state index contributed by atoms with van der Waals surface area (Å²) in [4.78, 5) is 2.41. The summed E-state index contributed by atoms with van der Waals surface area (Å²) in [6, 6.07) is 14.7. The Kier molecular flexibility index (Phi) is 5.66. The zero-order chi connectivity index (χ0) is 20.4. The maximum absolute atomic E-state index is 10.3. The third-order valence-electron chi connectivity index (χ3n) is 6.85. The van der Waals surface area contributed by atoms with Crippen LogP contribution in [-0.2, 0) is 12.0 Å². The minimum absolute atomic E-state index is 0.0225. The summed E-state index contributed by atoms with van der Waals surface area (Å²) in [5.74, 6) is 1.49. The number of ether oxygens (including phenoxy) is 2. The number of fused-ring (bicyclic) bond motifs is 1. The Hall–Kier alpha value is -2.30. The number of likely N-dealkylation sites (N-methyl/N-ethyl adjacent to an activating group) is 1. The number of benzene rings is 2. The van der Waals surface area contributed by atoms with Gasteiger partial charge in [-0.2, -0.15) is 0 Å². The Labute approximate surface area is 173 Å². The second-order valence-electron chi connectivity index (χ2n) is 8.37. The van der Waals surface area contributed by atoms with E-state index in [-0.39, 0.29) is 11.5 Å². The molecule has 4 heteroatoms. The summed E-state index contributed by atoms with van der Waals surface area (Å²) in [5, 5.41) is 10.3. The van der Waals surface area contributed by atoms with Gasteiger partial charge in [0, 0.05) is 17.0 Å². The van der Waals surface area contributed by atoms with Crippen molar-refractivity contribution in [2.24, 2.45) is 0 Å². The molecule has 1 aliphatic heterocycles. The van der Waals surface area contributed by atoms with E-state index < -0.39 is 0 Å². The van der Waals surface area contributed by atoms with Crippen LogP contribution in [0.3, 0.4) is 0 Å². The van der Waals surface area contributed by atoms with E-state index in [1.54, 1.807) is 7.11 Å². The van der Waals surface area contributed by atoms with Crippen molar-refractivity contribution in [2.45, 2.75) is 49.9 Å². The third-order valence-corrected chi connectivity index (χ3v) is 6.85. The van der Waals surface area contributed by atoms with Crippen LogP contribution < -0.4 is 9.47 Å². The first-order valence-corrected chi connectivity index (χ1v) is 10.5. The molecule has 3 atom stereocenters. The minimum Gasteiger partial charge on any atom is -0.493 e. The van der Waals surface area contributed by atoms with Crippen LogP contribution in [0, 0.1) is 0 Å². The molecule has 0 spiro atoms. The number of aliphatic hydroxyl groups is 1. The molecule has 1 heterocycles. The van der Waals surface area contributed by atoms with Crippen LogP contribution in [0.2, 0.25) is 0 Å². The lowest BCUT2D eigenvalue weighted by atomic mass is 9.64. The molecule has 29 heavy (non-hydrogen) atoms. The summed E-state index contributed by atoms with van der Waals surface area (Å²) < 4.78 is 11.9. The molecular weight excluding hydrogens is 362 g/mol. The lowest BCUT2D eigenvalue weighted by molar-refractivity contribution is 0.0565. The Bertz CT molecular complexity index is 866. The average Bonchev–Trinajstić information content (AvgIpc) is 3.09. The summed E-state index contributed by atoms with van der Waals surface area (Å²) in [6.45, 7) is 5.65. The van der Waals surface area contributed by atoms with Crippen molar-refractivity contribution < 1.29 is 14.6 Å². The quantitative estimate of drug-likeness (QED) is 0.790. The molecular formula is C25H31NO3. The monoisotopic (exact) mass is 393 g/mol. The molecule has 2 fully saturated rings. The van der Waals surface area contributed by atoms with Gasteiger partial charge in [0.1, 0.15) is 6.61 Å². The van der Waals surface area contributed by atoms with E-state index in [4.69, 9.17) is 9.47 Å². The summed E-state index contributed by atoms with van der Waals surface area (Å²) >= 11 is 0. The standard InChI is InChI=1S/C25H31NO3/c1-4-20-21(25-13-12-19(27)16-23(25)26(2)15-14-25)10-11-22(28-3)24(20)29-17-18-8-6-5-7-9-18/h4-11,19,23,27H,1,12-17H2,2-3H3/t19-,23+,25+/m1/s1. The van der Waals surface area contributed by atoms with Crippen LogP contribution in [0.25, 0.3) is 6.08 Å². The van der Waals surface area contributed by atoms with Gasteiger partial charge in [-0.15, -0.1) is 0 Å². The van der Waals surface area contributed by atoms with Gasteiger partial charge in [0.2, 0.25) is 0 Å². The van der Waals surface area contributed by atoms with Crippen molar-refractivity contribution >= 4 is 6.08 Å². The highest BCUT2D eigenvalue weighted by atomic mass is 16.5. The van der Waals surface area contributed by atoms with Crippen molar-refractivity contribution in [3.63, 3.8) is 0 Å². The summed E-state index contributed by atoms with van der Waals surface area (Å²) in [6.07, 6.45) is 5.42. The molecule has 0 unspecified atom stereocenters. The van der Waals surface area contributed by atoms with E-state index in [2.05, 4.69) is 36.7 Å². The van der Waals surface area contributed by atoms with Gasteiger partial charge in [-0.05, 0) is 56.5 Å². The number of nitrogens with zero attached hydrogens (tertiary/aromatic N) is 1. The second-order valence-corrected chi connectivity index (χ2v) is 8.37. The Balaban J connectivity index is 1.75. The largest absolute Gasteiger partial charge is 0.493 e. The normalized spacial score (nSPS) is 26.7. The lowest BCUT2D eigenvalue weighted by Gasteiger charge is -2.44. The van der Waals surface area contributed by atoms with Crippen LogP contribution in [0.15, 0.2) is 49.0 Å². The summed E-state index contributed by atoms with van der Waals surface area (Å²) in [5.41, 5.74) is 3.44. The molecule has 0 radical (unpaired) electrons. The van der Waals surface area contributed by atoms with E-state index in [1.807, 2.05) is 30.3 Å². The fourth-order valence-electron chi connectivity index (χ4n) is 5.32. The maximum Gasteiger partial charge on any atom is 0.169 e. The first-order chi connectivity index (χ1) is 14.1. The van der Waals surface area contributed by atoms with Gasteiger partial charge < -0.3 is 19.5 Å². The van der Waals surface area contributed by atoms with Crippen molar-refractivity contribution in [3.8, 4) is 11.5 Å². The predicted octanol–water partition coefficient (Wildman–Crippen LogP) is 4.40. The van der Waals surface area contributed by atoms with Gasteiger partial charge in [0.15, 0.2) is 11.5 Å². The molecule has 2 aromatic carbocycles. The van der Waals surface area contributed by atoms with Gasteiger partial charge in [-0.3, -0.25) is 0 Å². The number of hydrogen-bond donors (Lipinski definition) is 1. The Morgan fingerprint density at radius 3 is 2.72 bits per heavy atom. The summed E-state index contributed by atoms with van der Waals surface area (Å²) in [7, 11) is 3.85. The number of methoxy groups -OCH3 is 1. The zero-order valence-electron chi connectivity index (χ0n) is 17.4. The lowest BCUT2D eigenvalue weighted by Crippen LogP contribution is -2.47. The molecule has 1 saturated carbocycles. The zero-order valence-corrected chi connectivity index (χ0v) is 17.4. The van der Waals surface area contributed by atoms with Crippen molar-refractivity contribution in [1.82, 2.24) is 4.90 Å². The van der Waals surface area contributed by atoms with Crippen LogP contribution in [0.4, 0.5) is 0 Å². The van der Waals surface area contributed by atoms with Crippen molar-refractivity contribution in [2.75, 3.05) is 20.7 Å². The molecule has 1 aliphatic carbocycles. The van der Waals surface area contributed by atoms with Gasteiger partial charge in [-0.25, -0.2) is 0 Å². The molecule has 1 saturated heterocycles. The van der Waals surface area contributed by atoms with E-state index in [1.165, 1.54) is 5.56 Å². The fraction of sp³-hybridized carbons (Fsp3) is 0.440. The first-order valence-electron chi connectivity index (χ1n) is 10.5. The highest BCUT2D eigenvalue weighted by Gasteiger charge is 2.51. The minimum atomic E-state index is -0.215. The van der Waals surface area contributed by atoms with Crippen molar-refractivity contribution in [3.05, 3.63) is 65.7 Å². The topological polar surface area (TPSA) is 41.9 Å². The molecule has 2 aromatic rings. The molecule has 0 bridgehead atoms. The van der Waals surface area contributed by atoms with Crippen LogP contribution in [0.5, 0.6) is 11.5 Å². The van der Waals surface area contributed by atoms with E-state index in [0.717, 1.165) is 54.9 Å². The van der Waals surface area contributed by atoms with Crippen LogP contribution in [-0.4, -0.2) is 42.9 Å². The maximum atomic E-state index is 10.3. The van der Waals surface area contributed by atoms with Gasteiger partial charge in [-0.1, -0.05) is 49.1 Å². The molecule has 0 aromatic heterocycles. The molecule has 4 rings (SSSR count). The van der Waals surface area contributed by atoms with Gasteiger partial charge in [0.05, 0.1) is 13.2 Å². The van der Waals surface area contributed by atoms with Gasteiger partial charge in [0.25, 0.3) is 0 Å². The van der Waals surface area contributed by atoms with E-state index in [0.29, 0.717) is 12.6 Å². The molecule has 4 nitrogen and oxygen atoms in total. The van der Waals surface area contributed by atoms with Crippen LogP contribution >= 0.6 is 0 Å². The number of rotatable bonds is 6. The van der Waals surface area contributed by atoms with E-state index >= 15 is 0 Å². The fourth-order valence-corrected chi connectivity index (χ4v) is 5.32. The first kappa shape index (κ1) is 20.0. The van der Waals surface area contributed by atoms with Crippen molar-refractivity contribution in [1.29, 1.82) is 0 Å².